The Bertz CT molecular complexity index is 988. The first-order chi connectivity index (χ1) is 11.7. The molecule has 0 aliphatic rings. The Morgan fingerprint density at radius 1 is 1.12 bits per heavy atom. The van der Waals surface area contributed by atoms with Crippen molar-refractivity contribution in [3.05, 3.63) is 75.9 Å². The highest BCUT2D eigenvalue weighted by Crippen LogP contribution is 2.15. The van der Waals surface area contributed by atoms with Gasteiger partial charge in [-0.3, -0.25) is 10.1 Å². The van der Waals surface area contributed by atoms with Crippen LogP contribution in [0.1, 0.15) is 11.1 Å². The molecule has 2 aromatic carbocycles. The summed E-state index contributed by atoms with van der Waals surface area (Å²) in [5.74, 6) is 0.0271. The molecule has 0 aliphatic heterocycles. The number of anilines is 1. The number of para-hydroxylation sites is 1. The van der Waals surface area contributed by atoms with E-state index in [1.54, 1.807) is 24.3 Å². The Morgan fingerprint density at radius 2 is 1.83 bits per heavy atom. The Kier molecular flexibility index (Phi) is 4.25. The summed E-state index contributed by atoms with van der Waals surface area (Å²) in [5, 5.41) is 12.0. The number of carbonyl (C=O) groups excluding carboxylic acids is 1. The third-order valence-corrected chi connectivity index (χ3v) is 3.46. The molecule has 0 atom stereocenters. The highest BCUT2D eigenvalue weighted by molar-refractivity contribution is 5.89. The average molecular weight is 319 g/mol. The molecule has 0 saturated carbocycles. The first kappa shape index (κ1) is 15.3. The first-order valence-corrected chi connectivity index (χ1v) is 7.22. The summed E-state index contributed by atoms with van der Waals surface area (Å²) < 4.78 is 5.10. The maximum absolute atomic E-state index is 12.3. The van der Waals surface area contributed by atoms with Crippen molar-refractivity contribution in [2.45, 2.75) is 6.61 Å². The second kappa shape index (κ2) is 6.67. The molecule has 0 spiro atoms. The minimum absolute atomic E-state index is 0.0271. The number of fused-ring (bicyclic) bond motifs is 1. The lowest BCUT2D eigenvalue weighted by atomic mass is 10.1. The van der Waals surface area contributed by atoms with E-state index in [1.165, 1.54) is 0 Å². The molecule has 6 nitrogen and oxygen atoms in total. The Morgan fingerprint density at radius 3 is 2.58 bits per heavy atom. The van der Waals surface area contributed by atoms with Gasteiger partial charge in [0.05, 0.1) is 5.52 Å². The number of hydrogen-bond acceptors (Lipinski definition) is 4. The summed E-state index contributed by atoms with van der Waals surface area (Å²) in [7, 11) is 0. The number of ether oxygens (including phenoxy) is 1. The number of nitrogens with zero attached hydrogens (tertiary/aromatic N) is 1. The zero-order valence-electron chi connectivity index (χ0n) is 12.6. The number of aromatic amines is 1. The fourth-order valence-corrected chi connectivity index (χ4v) is 2.30. The minimum Gasteiger partial charge on any atom is -0.444 e. The molecule has 0 saturated heterocycles. The molecule has 24 heavy (non-hydrogen) atoms. The van der Waals surface area contributed by atoms with Crippen molar-refractivity contribution < 1.29 is 9.53 Å². The van der Waals surface area contributed by atoms with Crippen LogP contribution in [0.25, 0.3) is 10.9 Å². The topological polar surface area (TPSA) is 95.0 Å². The zero-order valence-corrected chi connectivity index (χ0v) is 12.6. The molecule has 1 aromatic heterocycles. The van der Waals surface area contributed by atoms with Gasteiger partial charge in [-0.25, -0.2) is 4.79 Å². The number of rotatable bonds is 3. The van der Waals surface area contributed by atoms with Gasteiger partial charge in [0, 0.05) is 5.39 Å². The number of carbonyl (C=O) groups is 1. The molecular formula is C18H13N3O3. The molecule has 1 amide bonds. The fraction of sp³-hybridized carbons (Fsp3) is 0.0556. The van der Waals surface area contributed by atoms with Crippen LogP contribution in [0.15, 0.2) is 59.4 Å². The molecule has 3 aromatic rings. The van der Waals surface area contributed by atoms with Crippen LogP contribution in [-0.2, 0) is 11.3 Å². The monoisotopic (exact) mass is 319 g/mol. The third-order valence-electron chi connectivity index (χ3n) is 3.46. The van der Waals surface area contributed by atoms with Crippen molar-refractivity contribution in [1.82, 2.24) is 4.98 Å². The summed E-state index contributed by atoms with van der Waals surface area (Å²) >= 11 is 0. The highest BCUT2D eigenvalue weighted by Gasteiger charge is 2.14. The van der Waals surface area contributed by atoms with Crippen molar-refractivity contribution in [3.8, 4) is 6.07 Å². The quantitative estimate of drug-likeness (QED) is 0.775. The second-order valence-corrected chi connectivity index (χ2v) is 5.05. The van der Waals surface area contributed by atoms with Crippen LogP contribution in [0.2, 0.25) is 0 Å². The molecule has 0 aliphatic carbocycles. The average Bonchev–Trinajstić information content (AvgIpc) is 2.61. The summed E-state index contributed by atoms with van der Waals surface area (Å²) in [5.41, 5.74) is 0.760. The van der Waals surface area contributed by atoms with Crippen LogP contribution >= 0.6 is 0 Å². The van der Waals surface area contributed by atoms with Crippen LogP contribution in [0.3, 0.4) is 0 Å². The fourth-order valence-electron chi connectivity index (χ4n) is 2.30. The van der Waals surface area contributed by atoms with Gasteiger partial charge in [0.15, 0.2) is 0 Å². The molecule has 0 fully saturated rings. The maximum Gasteiger partial charge on any atom is 0.413 e. The van der Waals surface area contributed by atoms with Gasteiger partial charge in [0.25, 0.3) is 0 Å². The number of nitriles is 1. The van der Waals surface area contributed by atoms with Gasteiger partial charge in [0.2, 0.25) is 5.43 Å². The van der Waals surface area contributed by atoms with Gasteiger partial charge in [0.1, 0.15) is 24.1 Å². The predicted molar refractivity (Wildman–Crippen MR) is 89.5 cm³/mol. The molecule has 118 valence electrons. The van der Waals surface area contributed by atoms with E-state index in [9.17, 15) is 14.9 Å². The van der Waals surface area contributed by atoms with Gasteiger partial charge >= 0.3 is 6.09 Å². The number of nitrogens with one attached hydrogen (secondary N) is 2. The van der Waals surface area contributed by atoms with E-state index in [0.29, 0.717) is 10.9 Å². The Balaban J connectivity index is 1.83. The lowest BCUT2D eigenvalue weighted by Gasteiger charge is -2.09. The number of benzene rings is 2. The van der Waals surface area contributed by atoms with Crippen molar-refractivity contribution in [3.63, 3.8) is 0 Å². The number of amides is 1. The van der Waals surface area contributed by atoms with E-state index in [-0.39, 0.29) is 18.0 Å². The summed E-state index contributed by atoms with van der Waals surface area (Å²) in [4.78, 5) is 27.1. The van der Waals surface area contributed by atoms with E-state index >= 15 is 0 Å². The molecule has 0 radical (unpaired) electrons. The molecule has 6 heteroatoms. The lowest BCUT2D eigenvalue weighted by Crippen LogP contribution is -2.19. The van der Waals surface area contributed by atoms with Crippen LogP contribution in [0.4, 0.5) is 10.6 Å². The van der Waals surface area contributed by atoms with Gasteiger partial charge in [-0.05, 0) is 17.7 Å². The largest absolute Gasteiger partial charge is 0.444 e. The summed E-state index contributed by atoms with van der Waals surface area (Å²) in [6.45, 7) is 0.0897. The lowest BCUT2D eigenvalue weighted by molar-refractivity contribution is 0.155. The highest BCUT2D eigenvalue weighted by atomic mass is 16.5. The second-order valence-electron chi connectivity index (χ2n) is 5.05. The van der Waals surface area contributed by atoms with E-state index in [4.69, 9.17) is 4.74 Å². The minimum atomic E-state index is -0.749. The third kappa shape index (κ3) is 3.10. The number of aromatic nitrogens is 1. The van der Waals surface area contributed by atoms with Crippen molar-refractivity contribution in [2.75, 3.05) is 5.32 Å². The molecule has 3 rings (SSSR count). The Labute approximate surface area is 137 Å². The van der Waals surface area contributed by atoms with Gasteiger partial charge in [-0.15, -0.1) is 0 Å². The zero-order chi connectivity index (χ0) is 16.9. The summed E-state index contributed by atoms with van der Waals surface area (Å²) in [6, 6.07) is 17.8. The maximum atomic E-state index is 12.3. The standard InChI is InChI=1S/C18H13N3O3/c19-10-14-16(22)13-8-4-5-9-15(13)20-17(14)21-18(23)24-11-12-6-2-1-3-7-12/h1-9H,11H2,(H2,20,21,22,23). The van der Waals surface area contributed by atoms with Gasteiger partial charge < -0.3 is 9.72 Å². The first-order valence-electron chi connectivity index (χ1n) is 7.22. The van der Waals surface area contributed by atoms with Crippen LogP contribution < -0.4 is 10.7 Å². The predicted octanol–water partition coefficient (Wildman–Crippen LogP) is 3.15. The van der Waals surface area contributed by atoms with Crippen LogP contribution in [-0.4, -0.2) is 11.1 Å². The van der Waals surface area contributed by atoms with Crippen molar-refractivity contribution in [2.24, 2.45) is 0 Å². The van der Waals surface area contributed by atoms with Gasteiger partial charge in [-0.2, -0.15) is 5.26 Å². The van der Waals surface area contributed by atoms with E-state index in [0.717, 1.165) is 5.56 Å². The molecule has 0 bridgehead atoms. The van der Waals surface area contributed by atoms with Crippen molar-refractivity contribution in [1.29, 1.82) is 5.26 Å². The number of H-pyrrole nitrogens is 1. The molecule has 2 N–H and O–H groups in total. The SMILES string of the molecule is N#Cc1c(NC(=O)OCc2ccccc2)[nH]c2ccccc2c1=O. The van der Waals surface area contributed by atoms with Gasteiger partial charge in [-0.1, -0.05) is 42.5 Å². The normalized spacial score (nSPS) is 10.1. The smallest absolute Gasteiger partial charge is 0.413 e. The molecular weight excluding hydrogens is 306 g/mol. The van der Waals surface area contributed by atoms with Crippen LogP contribution in [0, 0.1) is 11.3 Å². The number of pyridine rings is 1. The van der Waals surface area contributed by atoms with E-state index in [1.807, 2.05) is 36.4 Å². The Hall–Kier alpha value is -3.59. The van der Waals surface area contributed by atoms with E-state index in [2.05, 4.69) is 10.3 Å². The molecule has 1 heterocycles. The molecule has 0 unspecified atom stereocenters. The number of hydrogen-bond donors (Lipinski definition) is 2. The summed E-state index contributed by atoms with van der Waals surface area (Å²) in [6.07, 6.45) is -0.749. The van der Waals surface area contributed by atoms with Crippen LogP contribution in [0.5, 0.6) is 0 Å². The van der Waals surface area contributed by atoms with Crippen molar-refractivity contribution >= 4 is 22.8 Å². The van der Waals surface area contributed by atoms with E-state index < -0.39 is 11.5 Å².